The summed E-state index contributed by atoms with van der Waals surface area (Å²) in [6, 6.07) is 8.73. The van der Waals surface area contributed by atoms with Crippen molar-refractivity contribution in [3.05, 3.63) is 53.9 Å². The number of guanidine groups is 1. The van der Waals surface area contributed by atoms with Gasteiger partial charge in [-0.3, -0.25) is 9.78 Å². The minimum absolute atomic E-state index is 0.298. The summed E-state index contributed by atoms with van der Waals surface area (Å²) in [6.07, 6.45) is 4.82. The molecule has 2 rings (SSSR count). The van der Waals surface area contributed by atoms with Gasteiger partial charge in [0.15, 0.2) is 5.96 Å². The molecule has 0 aliphatic rings. The highest BCUT2D eigenvalue weighted by Gasteiger charge is 2.13. The van der Waals surface area contributed by atoms with Crippen LogP contribution in [-0.4, -0.2) is 31.1 Å². The van der Waals surface area contributed by atoms with Gasteiger partial charge >= 0.3 is 0 Å². The lowest BCUT2D eigenvalue weighted by Crippen LogP contribution is -2.24. The first-order chi connectivity index (χ1) is 11.5. The number of amides is 1. The molecule has 1 heterocycles. The first-order valence-electron chi connectivity index (χ1n) is 7.02. The van der Waals surface area contributed by atoms with E-state index < -0.39 is 5.91 Å². The summed E-state index contributed by atoms with van der Waals surface area (Å²) in [6.45, 7) is 0. The minimum atomic E-state index is -0.565. The van der Waals surface area contributed by atoms with Crippen LogP contribution >= 0.6 is 0 Å². The lowest BCUT2D eigenvalue weighted by molar-refractivity contribution is -0.112. The molecule has 4 N–H and O–H groups in total. The highest BCUT2D eigenvalue weighted by atomic mass is 16.5. The van der Waals surface area contributed by atoms with Gasteiger partial charge in [-0.15, -0.1) is 0 Å². The molecule has 0 fully saturated rings. The fourth-order valence-electron chi connectivity index (χ4n) is 2.05. The van der Waals surface area contributed by atoms with Gasteiger partial charge in [-0.2, -0.15) is 4.99 Å². The zero-order valence-corrected chi connectivity index (χ0v) is 13.4. The maximum atomic E-state index is 12.4. The molecule has 1 amide bonds. The SMILES string of the molecule is COc1cc(/C=C(/C(=O)N=C(N)N)c2cccnc2)cc(OC)c1. The molecule has 0 bridgehead atoms. The number of ether oxygens (including phenoxy) is 2. The topological polar surface area (TPSA) is 113 Å². The fraction of sp³-hybridized carbons (Fsp3) is 0.118. The van der Waals surface area contributed by atoms with Gasteiger partial charge in [0.1, 0.15) is 11.5 Å². The number of benzene rings is 1. The van der Waals surface area contributed by atoms with E-state index in [2.05, 4.69) is 9.98 Å². The number of carbonyl (C=O) groups excluding carboxylic acids is 1. The second-order valence-electron chi connectivity index (χ2n) is 4.79. The van der Waals surface area contributed by atoms with Crippen molar-refractivity contribution in [3.63, 3.8) is 0 Å². The third kappa shape index (κ3) is 4.33. The number of rotatable bonds is 5. The van der Waals surface area contributed by atoms with E-state index in [4.69, 9.17) is 20.9 Å². The van der Waals surface area contributed by atoms with E-state index in [1.807, 2.05) is 0 Å². The molecule has 1 aromatic heterocycles. The van der Waals surface area contributed by atoms with Crippen molar-refractivity contribution in [2.24, 2.45) is 16.5 Å². The molecule has 0 saturated carbocycles. The zero-order valence-electron chi connectivity index (χ0n) is 13.4. The number of aliphatic imine (C=N–C) groups is 1. The second kappa shape index (κ2) is 7.77. The first-order valence-corrected chi connectivity index (χ1v) is 7.02. The lowest BCUT2D eigenvalue weighted by atomic mass is 10.0. The summed E-state index contributed by atoms with van der Waals surface area (Å²) in [5, 5.41) is 0. The zero-order chi connectivity index (χ0) is 17.5. The maximum absolute atomic E-state index is 12.4. The molecular weight excluding hydrogens is 308 g/mol. The van der Waals surface area contributed by atoms with Crippen LogP contribution in [0.3, 0.4) is 0 Å². The lowest BCUT2D eigenvalue weighted by Gasteiger charge is -2.08. The summed E-state index contributed by atoms with van der Waals surface area (Å²) < 4.78 is 10.5. The quantitative estimate of drug-likeness (QED) is 0.488. The molecule has 0 unspecified atom stereocenters. The Kier molecular flexibility index (Phi) is 5.51. The Bertz CT molecular complexity index is 759. The minimum Gasteiger partial charge on any atom is -0.497 e. The van der Waals surface area contributed by atoms with Crippen LogP contribution < -0.4 is 20.9 Å². The fourth-order valence-corrected chi connectivity index (χ4v) is 2.05. The summed E-state index contributed by atoms with van der Waals surface area (Å²) >= 11 is 0. The number of carbonyl (C=O) groups is 1. The molecule has 0 radical (unpaired) electrons. The predicted molar refractivity (Wildman–Crippen MR) is 92.5 cm³/mol. The van der Waals surface area contributed by atoms with Crippen molar-refractivity contribution in [3.8, 4) is 11.5 Å². The summed E-state index contributed by atoms with van der Waals surface area (Å²) in [7, 11) is 3.10. The van der Waals surface area contributed by atoms with Crippen molar-refractivity contribution >= 4 is 23.5 Å². The molecule has 7 heteroatoms. The van der Waals surface area contributed by atoms with Crippen LogP contribution in [-0.2, 0) is 4.79 Å². The van der Waals surface area contributed by atoms with E-state index >= 15 is 0 Å². The Morgan fingerprint density at radius 1 is 1.17 bits per heavy atom. The van der Waals surface area contributed by atoms with Gasteiger partial charge in [0.2, 0.25) is 0 Å². The number of pyridine rings is 1. The average molecular weight is 326 g/mol. The molecule has 0 aliphatic heterocycles. The van der Waals surface area contributed by atoms with E-state index in [1.54, 1.807) is 63.0 Å². The summed E-state index contributed by atoms with van der Waals surface area (Å²) in [4.78, 5) is 20.0. The van der Waals surface area contributed by atoms with Crippen LogP contribution in [0, 0.1) is 0 Å². The van der Waals surface area contributed by atoms with Gasteiger partial charge in [-0.1, -0.05) is 6.07 Å². The number of aromatic nitrogens is 1. The third-order valence-corrected chi connectivity index (χ3v) is 3.12. The van der Waals surface area contributed by atoms with Gasteiger partial charge in [-0.05, 0) is 29.8 Å². The van der Waals surface area contributed by atoms with Crippen LogP contribution in [0.2, 0.25) is 0 Å². The van der Waals surface area contributed by atoms with E-state index in [1.165, 1.54) is 0 Å². The van der Waals surface area contributed by atoms with Crippen molar-refractivity contribution in [1.82, 2.24) is 4.98 Å². The van der Waals surface area contributed by atoms with Crippen LogP contribution in [0.1, 0.15) is 11.1 Å². The maximum Gasteiger partial charge on any atom is 0.280 e. The van der Waals surface area contributed by atoms with Gasteiger partial charge in [0.25, 0.3) is 5.91 Å². The molecule has 0 spiro atoms. The number of methoxy groups -OCH3 is 2. The van der Waals surface area contributed by atoms with Crippen LogP contribution in [0.25, 0.3) is 11.6 Å². The molecule has 0 aliphatic carbocycles. The molecule has 7 nitrogen and oxygen atoms in total. The Morgan fingerprint density at radius 3 is 2.33 bits per heavy atom. The van der Waals surface area contributed by atoms with Gasteiger partial charge in [0, 0.05) is 24.0 Å². The third-order valence-electron chi connectivity index (χ3n) is 3.12. The monoisotopic (exact) mass is 326 g/mol. The molecule has 1 aromatic carbocycles. The molecule has 124 valence electrons. The smallest absolute Gasteiger partial charge is 0.280 e. The van der Waals surface area contributed by atoms with E-state index in [-0.39, 0.29) is 5.96 Å². The highest BCUT2D eigenvalue weighted by Crippen LogP contribution is 2.26. The number of nitrogens with zero attached hydrogens (tertiary/aromatic N) is 2. The second-order valence-corrected chi connectivity index (χ2v) is 4.79. The van der Waals surface area contributed by atoms with Gasteiger partial charge < -0.3 is 20.9 Å². The van der Waals surface area contributed by atoms with Crippen molar-refractivity contribution in [2.75, 3.05) is 14.2 Å². The summed E-state index contributed by atoms with van der Waals surface area (Å²) in [5.41, 5.74) is 12.2. The average Bonchev–Trinajstić information content (AvgIpc) is 2.59. The number of nitrogens with two attached hydrogens (primary N) is 2. The molecule has 0 saturated heterocycles. The predicted octanol–water partition coefficient (Wildman–Crippen LogP) is 1.44. The Labute approximate surface area is 139 Å². The summed E-state index contributed by atoms with van der Waals surface area (Å²) in [5.74, 6) is 0.323. The van der Waals surface area contributed by atoms with E-state index in [0.717, 1.165) is 0 Å². The van der Waals surface area contributed by atoms with Crippen molar-refractivity contribution in [1.29, 1.82) is 0 Å². The Morgan fingerprint density at radius 2 is 1.83 bits per heavy atom. The van der Waals surface area contributed by atoms with E-state index in [0.29, 0.717) is 28.2 Å². The Balaban J connectivity index is 2.57. The standard InChI is InChI=1S/C17H18N4O3/c1-23-13-6-11(7-14(9-13)24-2)8-15(16(22)21-17(18)19)12-4-3-5-20-10-12/h3-10H,1-2H3,(H4,18,19,21,22)/b15-8+. The highest BCUT2D eigenvalue weighted by molar-refractivity contribution is 6.26. The Hall–Kier alpha value is -3.35. The number of hydrogen-bond acceptors (Lipinski definition) is 4. The molecule has 0 atom stereocenters. The van der Waals surface area contributed by atoms with Crippen molar-refractivity contribution < 1.29 is 14.3 Å². The van der Waals surface area contributed by atoms with E-state index in [9.17, 15) is 4.79 Å². The molecule has 24 heavy (non-hydrogen) atoms. The first kappa shape index (κ1) is 17.0. The van der Waals surface area contributed by atoms with Crippen molar-refractivity contribution in [2.45, 2.75) is 0 Å². The van der Waals surface area contributed by atoms with Crippen LogP contribution in [0.5, 0.6) is 11.5 Å². The molecule has 2 aromatic rings. The largest absolute Gasteiger partial charge is 0.497 e. The number of hydrogen-bond donors (Lipinski definition) is 2. The van der Waals surface area contributed by atoms with Gasteiger partial charge in [0.05, 0.1) is 19.8 Å². The van der Waals surface area contributed by atoms with Crippen LogP contribution in [0.4, 0.5) is 0 Å². The van der Waals surface area contributed by atoms with Crippen LogP contribution in [0.15, 0.2) is 47.7 Å². The van der Waals surface area contributed by atoms with Gasteiger partial charge in [-0.25, -0.2) is 0 Å². The normalized spacial score (nSPS) is 10.8. The molecular formula is C17H18N4O3.